The molecule has 0 aromatic carbocycles. The van der Waals surface area contributed by atoms with Crippen LogP contribution in [0.5, 0.6) is 0 Å². The van der Waals surface area contributed by atoms with Crippen LogP contribution in [-0.4, -0.2) is 13.7 Å². The maximum absolute atomic E-state index is 6.12. The van der Waals surface area contributed by atoms with Crippen LogP contribution in [0.3, 0.4) is 0 Å². The fourth-order valence-corrected chi connectivity index (χ4v) is 2.47. The van der Waals surface area contributed by atoms with Gasteiger partial charge in [-0.1, -0.05) is 6.92 Å². The van der Waals surface area contributed by atoms with Crippen LogP contribution in [0.4, 0.5) is 0 Å². The standard InChI is InChI=1S/C11H19NOS/c1-8(7-13-3)6-11(12)10-4-5-14-9(10)2/h4-5,8,11H,6-7,12H2,1-3H3. The maximum atomic E-state index is 6.12. The highest BCUT2D eigenvalue weighted by molar-refractivity contribution is 7.10. The van der Waals surface area contributed by atoms with Crippen LogP contribution in [0, 0.1) is 12.8 Å². The van der Waals surface area contributed by atoms with Crippen LogP contribution in [0.15, 0.2) is 11.4 Å². The first-order valence-electron chi connectivity index (χ1n) is 4.93. The summed E-state index contributed by atoms with van der Waals surface area (Å²) in [7, 11) is 1.73. The third-order valence-electron chi connectivity index (χ3n) is 2.41. The molecule has 0 aliphatic heterocycles. The van der Waals surface area contributed by atoms with Gasteiger partial charge in [0.2, 0.25) is 0 Å². The number of aryl methyl sites for hydroxylation is 1. The van der Waals surface area contributed by atoms with Gasteiger partial charge in [0.15, 0.2) is 0 Å². The minimum absolute atomic E-state index is 0.159. The van der Waals surface area contributed by atoms with Crippen molar-refractivity contribution < 1.29 is 4.74 Å². The third kappa shape index (κ3) is 3.08. The molecular weight excluding hydrogens is 194 g/mol. The van der Waals surface area contributed by atoms with Crippen molar-refractivity contribution in [1.82, 2.24) is 0 Å². The molecule has 0 saturated heterocycles. The van der Waals surface area contributed by atoms with Crippen LogP contribution in [0.1, 0.15) is 29.8 Å². The summed E-state index contributed by atoms with van der Waals surface area (Å²) < 4.78 is 5.10. The van der Waals surface area contributed by atoms with Crippen molar-refractivity contribution in [3.05, 3.63) is 21.9 Å². The minimum Gasteiger partial charge on any atom is -0.384 e. The average Bonchev–Trinajstić information content (AvgIpc) is 2.51. The smallest absolute Gasteiger partial charge is 0.0488 e. The molecule has 2 N–H and O–H groups in total. The zero-order valence-corrected chi connectivity index (χ0v) is 9.93. The van der Waals surface area contributed by atoms with E-state index in [1.54, 1.807) is 18.4 Å². The highest BCUT2D eigenvalue weighted by Gasteiger charge is 2.13. The predicted octanol–water partition coefficient (Wildman–Crippen LogP) is 2.73. The highest BCUT2D eigenvalue weighted by atomic mass is 32.1. The van der Waals surface area contributed by atoms with E-state index in [9.17, 15) is 0 Å². The van der Waals surface area contributed by atoms with Crippen molar-refractivity contribution in [2.24, 2.45) is 11.7 Å². The topological polar surface area (TPSA) is 35.2 Å². The normalized spacial score (nSPS) is 15.4. The molecule has 1 heterocycles. The Kier molecular flexibility index (Phi) is 4.58. The number of hydrogen-bond acceptors (Lipinski definition) is 3. The lowest BCUT2D eigenvalue weighted by Gasteiger charge is -2.16. The number of rotatable bonds is 5. The van der Waals surface area contributed by atoms with Gasteiger partial charge < -0.3 is 10.5 Å². The molecule has 0 radical (unpaired) electrons. The Hall–Kier alpha value is -0.380. The quantitative estimate of drug-likeness (QED) is 0.816. The van der Waals surface area contributed by atoms with Crippen LogP contribution in [-0.2, 0) is 4.74 Å². The van der Waals surface area contributed by atoms with Crippen LogP contribution in [0.2, 0.25) is 0 Å². The van der Waals surface area contributed by atoms with Crippen LogP contribution < -0.4 is 5.73 Å². The summed E-state index contributed by atoms with van der Waals surface area (Å²) in [5.41, 5.74) is 7.41. The van der Waals surface area contributed by atoms with Crippen LogP contribution in [0.25, 0.3) is 0 Å². The number of hydrogen-bond donors (Lipinski definition) is 1. The van der Waals surface area contributed by atoms with Crippen molar-refractivity contribution in [3.63, 3.8) is 0 Å². The van der Waals surface area contributed by atoms with Gasteiger partial charge in [-0.25, -0.2) is 0 Å². The summed E-state index contributed by atoms with van der Waals surface area (Å²) in [6, 6.07) is 2.29. The molecule has 2 atom stereocenters. The zero-order chi connectivity index (χ0) is 10.6. The second-order valence-corrected chi connectivity index (χ2v) is 4.96. The first kappa shape index (κ1) is 11.7. The van der Waals surface area contributed by atoms with Gasteiger partial charge in [-0.2, -0.15) is 0 Å². The van der Waals surface area contributed by atoms with E-state index in [1.165, 1.54) is 10.4 Å². The monoisotopic (exact) mass is 213 g/mol. The van der Waals surface area contributed by atoms with E-state index in [2.05, 4.69) is 25.3 Å². The third-order valence-corrected chi connectivity index (χ3v) is 3.27. The molecule has 14 heavy (non-hydrogen) atoms. The van der Waals surface area contributed by atoms with Gasteiger partial charge in [0.1, 0.15) is 0 Å². The van der Waals surface area contributed by atoms with Crippen LogP contribution >= 0.6 is 11.3 Å². The van der Waals surface area contributed by atoms with Crippen molar-refractivity contribution in [3.8, 4) is 0 Å². The molecule has 0 aliphatic rings. The summed E-state index contributed by atoms with van der Waals surface area (Å²) >= 11 is 1.76. The fourth-order valence-electron chi connectivity index (χ4n) is 1.69. The van der Waals surface area contributed by atoms with Crippen molar-refractivity contribution in [2.75, 3.05) is 13.7 Å². The first-order valence-corrected chi connectivity index (χ1v) is 5.81. The molecular formula is C11H19NOS. The van der Waals surface area contributed by atoms with Gasteiger partial charge in [-0.3, -0.25) is 0 Å². The van der Waals surface area contributed by atoms with E-state index >= 15 is 0 Å². The number of nitrogens with two attached hydrogens (primary N) is 1. The van der Waals surface area contributed by atoms with E-state index in [4.69, 9.17) is 10.5 Å². The van der Waals surface area contributed by atoms with E-state index in [1.807, 2.05) is 0 Å². The lowest BCUT2D eigenvalue weighted by atomic mass is 9.98. The molecule has 2 nitrogen and oxygen atoms in total. The molecule has 3 heteroatoms. The molecule has 0 fully saturated rings. The lowest BCUT2D eigenvalue weighted by Crippen LogP contribution is -2.16. The summed E-state index contributed by atoms with van der Waals surface area (Å²) in [6.45, 7) is 5.09. The Morgan fingerprint density at radius 3 is 2.79 bits per heavy atom. The Morgan fingerprint density at radius 1 is 1.57 bits per heavy atom. The van der Waals surface area contributed by atoms with Gasteiger partial charge in [0.05, 0.1) is 0 Å². The van der Waals surface area contributed by atoms with E-state index in [0.717, 1.165) is 13.0 Å². The Balaban J connectivity index is 2.50. The predicted molar refractivity (Wildman–Crippen MR) is 61.6 cm³/mol. The van der Waals surface area contributed by atoms with E-state index in [-0.39, 0.29) is 6.04 Å². The van der Waals surface area contributed by atoms with Gasteiger partial charge >= 0.3 is 0 Å². The fraction of sp³-hybridized carbons (Fsp3) is 0.636. The second kappa shape index (κ2) is 5.49. The highest BCUT2D eigenvalue weighted by Crippen LogP contribution is 2.25. The van der Waals surface area contributed by atoms with Crippen molar-refractivity contribution >= 4 is 11.3 Å². The molecule has 2 unspecified atom stereocenters. The molecule has 1 aromatic rings. The number of thiophene rings is 1. The molecule has 1 aromatic heterocycles. The van der Waals surface area contributed by atoms with Gasteiger partial charge in [-0.05, 0) is 36.3 Å². The Labute approximate surface area is 90.1 Å². The van der Waals surface area contributed by atoms with Gasteiger partial charge in [-0.15, -0.1) is 11.3 Å². The first-order chi connectivity index (χ1) is 6.65. The molecule has 1 rings (SSSR count). The van der Waals surface area contributed by atoms with Gasteiger partial charge in [0, 0.05) is 24.6 Å². The van der Waals surface area contributed by atoms with E-state index < -0.39 is 0 Å². The lowest BCUT2D eigenvalue weighted by molar-refractivity contribution is 0.152. The Bertz CT molecular complexity index is 272. The average molecular weight is 213 g/mol. The Morgan fingerprint density at radius 2 is 2.29 bits per heavy atom. The molecule has 0 bridgehead atoms. The SMILES string of the molecule is COCC(C)CC(N)c1ccsc1C. The zero-order valence-electron chi connectivity index (χ0n) is 9.12. The number of ether oxygens (including phenoxy) is 1. The van der Waals surface area contributed by atoms with Crippen molar-refractivity contribution in [1.29, 1.82) is 0 Å². The second-order valence-electron chi connectivity index (χ2n) is 3.83. The number of methoxy groups -OCH3 is 1. The summed E-state index contributed by atoms with van der Waals surface area (Å²) in [5.74, 6) is 0.522. The van der Waals surface area contributed by atoms with Crippen molar-refractivity contribution in [2.45, 2.75) is 26.3 Å². The van der Waals surface area contributed by atoms with E-state index in [0.29, 0.717) is 5.92 Å². The molecule has 80 valence electrons. The molecule has 0 saturated carbocycles. The summed E-state index contributed by atoms with van der Waals surface area (Å²) in [5, 5.41) is 2.10. The molecule has 0 spiro atoms. The summed E-state index contributed by atoms with van der Waals surface area (Å²) in [6.07, 6.45) is 0.991. The maximum Gasteiger partial charge on any atom is 0.0488 e. The minimum atomic E-state index is 0.159. The molecule has 0 aliphatic carbocycles. The summed E-state index contributed by atoms with van der Waals surface area (Å²) in [4.78, 5) is 1.34. The van der Waals surface area contributed by atoms with Gasteiger partial charge in [0.25, 0.3) is 0 Å². The largest absolute Gasteiger partial charge is 0.384 e. The molecule has 0 amide bonds.